The van der Waals surface area contributed by atoms with Gasteiger partial charge in [0.15, 0.2) is 0 Å². The predicted octanol–water partition coefficient (Wildman–Crippen LogP) is 8.85. The Bertz CT molecular complexity index is 1940. The first-order valence-electron chi connectivity index (χ1n) is 16.0. The molecule has 0 amide bonds. The molecule has 237 valence electrons. The Morgan fingerprint density at radius 3 is 1.60 bits per heavy atom. The van der Waals surface area contributed by atoms with Crippen LogP contribution < -0.4 is 15.9 Å². The van der Waals surface area contributed by atoms with E-state index >= 15 is 0 Å². The molecule has 1 fully saturated rings. The fourth-order valence-corrected chi connectivity index (χ4v) is 11.8. The van der Waals surface area contributed by atoms with Gasteiger partial charge < -0.3 is 0 Å². The molecule has 0 spiro atoms. The molecule has 2 aromatic heterocycles. The first-order valence-corrected chi connectivity index (χ1v) is 19.1. The second kappa shape index (κ2) is 16.0. The summed E-state index contributed by atoms with van der Waals surface area (Å²) in [6, 6.07) is 41.1. The molecule has 0 saturated carbocycles. The molecule has 5 heteroatoms. The van der Waals surface area contributed by atoms with Crippen LogP contribution in [0.2, 0.25) is 0 Å². The van der Waals surface area contributed by atoms with Crippen LogP contribution in [0.3, 0.4) is 0 Å². The monoisotopic (exact) mass is 820 g/mol. The number of benzene rings is 3. The Balaban J connectivity index is 1.55. The summed E-state index contributed by atoms with van der Waals surface area (Å²) in [4.78, 5) is 9.41. The summed E-state index contributed by atoms with van der Waals surface area (Å²) < 4.78 is 9.74. The molecule has 0 aliphatic carbocycles. The van der Waals surface area contributed by atoms with E-state index in [0.717, 1.165) is 28.1 Å². The van der Waals surface area contributed by atoms with E-state index in [4.69, 9.17) is 9.72 Å². The van der Waals surface area contributed by atoms with E-state index in [1.807, 2.05) is 43.6 Å². The van der Waals surface area contributed by atoms with Crippen LogP contribution in [0, 0.1) is 4.37 Å². The van der Waals surface area contributed by atoms with Crippen molar-refractivity contribution in [3.05, 3.63) is 185 Å². The number of hydrogen-bond donors (Lipinski definition) is 0. The fourth-order valence-electron chi connectivity index (χ4n) is 6.03. The summed E-state index contributed by atoms with van der Waals surface area (Å²) in [5.74, 6) is 0. The quantitative estimate of drug-likeness (QED) is 0.110. The average molecular weight is 819 g/mol. The Morgan fingerprint density at radius 1 is 0.667 bits per heavy atom. The van der Waals surface area contributed by atoms with Gasteiger partial charge in [-0.3, -0.25) is 0 Å². The Kier molecular flexibility index (Phi) is 11.2. The molecule has 3 nitrogen and oxygen atoms in total. The zero-order valence-electron chi connectivity index (χ0n) is 27.1. The topological polar surface area (TPSA) is 35.0 Å². The zero-order valence-corrected chi connectivity index (χ0v) is 30.5. The van der Waals surface area contributed by atoms with E-state index in [9.17, 15) is 0 Å². The normalized spacial score (nSPS) is 15.7. The van der Waals surface area contributed by atoms with Crippen molar-refractivity contribution in [1.82, 2.24) is 9.97 Å². The molecule has 5 aromatic rings. The number of nitrogens with zero attached hydrogens (tertiary/aromatic N) is 2. The van der Waals surface area contributed by atoms with Gasteiger partial charge in [-0.05, 0) is 12.5 Å². The van der Waals surface area contributed by atoms with E-state index < -0.39 is 7.26 Å². The second-order valence-electron chi connectivity index (χ2n) is 11.3. The van der Waals surface area contributed by atoms with Crippen LogP contribution in [0.4, 0.5) is 0 Å². The summed E-state index contributed by atoms with van der Waals surface area (Å²) in [5.41, 5.74) is 7.31. The number of ether oxygens (including phenoxy) is 1. The summed E-state index contributed by atoms with van der Waals surface area (Å²) in [6.45, 7) is 5.30. The van der Waals surface area contributed by atoms with Crippen LogP contribution in [0.1, 0.15) is 25.0 Å². The second-order valence-corrected chi connectivity index (χ2v) is 15.3. The van der Waals surface area contributed by atoms with Gasteiger partial charge in [0.2, 0.25) is 0 Å². The van der Waals surface area contributed by atoms with Gasteiger partial charge in [-0.2, -0.15) is 0 Å². The third-order valence-electron chi connectivity index (χ3n) is 8.38. The van der Waals surface area contributed by atoms with E-state index in [1.54, 1.807) is 17.9 Å². The first-order chi connectivity index (χ1) is 23.7. The first kappa shape index (κ1) is 33.4. The van der Waals surface area contributed by atoms with Gasteiger partial charge in [-0.1, -0.05) is 12.2 Å². The van der Waals surface area contributed by atoms with Gasteiger partial charge in [-0.25, -0.2) is 0 Å². The summed E-state index contributed by atoms with van der Waals surface area (Å²) in [6.07, 6.45) is 16.7. The molecule has 1 aliphatic heterocycles. The minimum atomic E-state index is -2.39. The van der Waals surface area contributed by atoms with Crippen molar-refractivity contribution in [2.75, 3.05) is 13.2 Å². The van der Waals surface area contributed by atoms with Crippen molar-refractivity contribution in [1.29, 1.82) is 0 Å². The standard InChI is InChI=1S/C43H37N2OP.Os/c1-4-15-34-23-26-42(44-29-34)43-27-24-35(30-45-43)22-25-37(28-38-32-46-31-36(38)5-2)33(3)47(39-16-9-6-10-17-39,40-18-11-7-12-19-40)41-20-13-8-14-21-41;/h4-30H,31-32H2,1-2H3;/q+1;/b15-4+,25-22+,36-5?,37-33?,38-28?;. The number of rotatable bonds is 9. The summed E-state index contributed by atoms with van der Waals surface area (Å²) in [5, 5.41) is 5.04. The molecule has 0 bridgehead atoms. The molecule has 0 N–H and O–H groups in total. The molecule has 0 unspecified atom stereocenters. The van der Waals surface area contributed by atoms with Gasteiger partial charge in [0, 0.05) is 0 Å². The number of hydrogen-bond acceptors (Lipinski definition) is 3. The van der Waals surface area contributed by atoms with Crippen molar-refractivity contribution in [3.63, 3.8) is 0 Å². The predicted molar refractivity (Wildman–Crippen MR) is 200 cm³/mol. The Hall–Kier alpha value is -4.53. The van der Waals surface area contributed by atoms with Crippen LogP contribution in [0.25, 0.3) is 23.5 Å². The van der Waals surface area contributed by atoms with Crippen LogP contribution in [0.15, 0.2) is 174 Å². The molecule has 48 heavy (non-hydrogen) atoms. The molecular weight excluding hydrogens is 782 g/mol. The molecular formula is C43H37N2OOsP+. The number of allylic oxidation sites excluding steroid dienone is 6. The fraction of sp³-hybridized carbons (Fsp3) is 0.0930. The van der Waals surface area contributed by atoms with E-state index in [-0.39, 0.29) is 0 Å². The van der Waals surface area contributed by atoms with Gasteiger partial charge in [0.25, 0.3) is 0 Å². The van der Waals surface area contributed by atoms with Crippen molar-refractivity contribution in [2.24, 2.45) is 0 Å². The zero-order chi connectivity index (χ0) is 33.2. The minimum absolute atomic E-state index is 0.583. The van der Waals surface area contributed by atoms with Crippen molar-refractivity contribution in [2.45, 2.75) is 13.8 Å². The van der Waals surface area contributed by atoms with Gasteiger partial charge in [0.1, 0.15) is 0 Å². The molecule has 0 radical (unpaired) electrons. The van der Waals surface area contributed by atoms with E-state index in [1.165, 1.54) is 32.4 Å². The maximum absolute atomic E-state index is 5.94. The number of pyridine rings is 2. The van der Waals surface area contributed by atoms with Gasteiger partial charge >= 0.3 is 271 Å². The van der Waals surface area contributed by atoms with Crippen molar-refractivity contribution < 1.29 is 22.7 Å². The summed E-state index contributed by atoms with van der Waals surface area (Å²) >= 11 is 1.80. The van der Waals surface area contributed by atoms with Gasteiger partial charge in [-0.15, -0.1) is 0 Å². The maximum atomic E-state index is 5.94. The molecule has 0 atom stereocenters. The van der Waals surface area contributed by atoms with E-state index in [0.29, 0.717) is 13.2 Å². The van der Waals surface area contributed by atoms with Crippen LogP contribution in [0.5, 0.6) is 0 Å². The molecule has 1 saturated heterocycles. The SMILES string of the molecule is CC=C1COCC1=CC(/C=C/c1ccc(-c2ccc(/C=C/C)cn2)nc1)=C([C]#[Os])[P+](c1ccccc1)(c1ccccc1)c1ccccc1. The van der Waals surface area contributed by atoms with Crippen LogP contribution in [-0.4, -0.2) is 23.2 Å². The Morgan fingerprint density at radius 2 is 1.17 bits per heavy atom. The summed E-state index contributed by atoms with van der Waals surface area (Å²) in [7, 11) is -2.39. The molecule has 3 aromatic carbocycles. The van der Waals surface area contributed by atoms with Crippen LogP contribution >= 0.6 is 7.26 Å². The third-order valence-corrected chi connectivity index (χ3v) is 13.8. The van der Waals surface area contributed by atoms with Gasteiger partial charge in [0.05, 0.1) is 0 Å². The molecule has 6 rings (SSSR count). The molecule has 1 aliphatic rings. The van der Waals surface area contributed by atoms with Crippen molar-refractivity contribution in [3.8, 4) is 15.8 Å². The van der Waals surface area contributed by atoms with Crippen molar-refractivity contribution >= 4 is 35.3 Å². The van der Waals surface area contributed by atoms with Crippen LogP contribution in [-0.2, 0) is 22.7 Å². The number of aromatic nitrogens is 2. The average Bonchev–Trinajstić information content (AvgIpc) is 3.61. The third kappa shape index (κ3) is 7.15. The Labute approximate surface area is 294 Å². The molecule has 3 heterocycles. The van der Waals surface area contributed by atoms with E-state index in [2.05, 4.69) is 144 Å².